The quantitative estimate of drug-likeness (QED) is 0.605. The predicted molar refractivity (Wildman–Crippen MR) is 69.4 cm³/mol. The van der Waals surface area contributed by atoms with Crippen LogP contribution in [0.25, 0.3) is 11.3 Å². The van der Waals surface area contributed by atoms with Gasteiger partial charge in [0.05, 0.1) is 18.5 Å². The lowest BCUT2D eigenvalue weighted by Gasteiger charge is -2.08. The van der Waals surface area contributed by atoms with Gasteiger partial charge in [-0.3, -0.25) is 10.1 Å². The van der Waals surface area contributed by atoms with E-state index in [1.54, 1.807) is 12.4 Å². The fourth-order valence-electron chi connectivity index (χ4n) is 1.56. The normalized spacial score (nSPS) is 11.1. The Labute approximate surface area is 107 Å². The Morgan fingerprint density at radius 2 is 2.28 bits per heavy atom. The average molecular weight is 246 g/mol. The molecule has 5 heteroatoms. The van der Waals surface area contributed by atoms with Crippen LogP contribution in [0.2, 0.25) is 0 Å². The van der Waals surface area contributed by atoms with Gasteiger partial charge in [-0.05, 0) is 18.1 Å². The van der Waals surface area contributed by atoms with E-state index in [1.165, 1.54) is 0 Å². The van der Waals surface area contributed by atoms with Crippen molar-refractivity contribution in [1.29, 1.82) is 0 Å². The van der Waals surface area contributed by atoms with Crippen molar-refractivity contribution in [2.24, 2.45) is 5.92 Å². The molecule has 18 heavy (non-hydrogen) atoms. The first kappa shape index (κ1) is 12.7. The minimum Gasteiger partial charge on any atom is -0.301 e. The van der Waals surface area contributed by atoms with E-state index in [0.29, 0.717) is 19.1 Å². The Morgan fingerprint density at radius 3 is 3.00 bits per heavy atom. The smallest absolute Gasteiger partial charge is 0.0711 e. The van der Waals surface area contributed by atoms with Crippen molar-refractivity contribution in [3.63, 3.8) is 0 Å². The summed E-state index contributed by atoms with van der Waals surface area (Å²) in [7, 11) is 0. The van der Waals surface area contributed by atoms with Crippen molar-refractivity contribution in [2.45, 2.75) is 20.4 Å². The van der Waals surface area contributed by atoms with Crippen LogP contribution < -0.4 is 5.48 Å². The molecule has 0 saturated heterocycles. The van der Waals surface area contributed by atoms with Crippen LogP contribution in [0.3, 0.4) is 0 Å². The second kappa shape index (κ2) is 6.28. The first-order chi connectivity index (χ1) is 8.77. The van der Waals surface area contributed by atoms with Crippen LogP contribution in [0.1, 0.15) is 19.4 Å². The molecule has 0 unspecified atom stereocenters. The van der Waals surface area contributed by atoms with E-state index in [9.17, 15) is 0 Å². The van der Waals surface area contributed by atoms with Gasteiger partial charge in [-0.25, -0.2) is 0 Å². The van der Waals surface area contributed by atoms with Gasteiger partial charge in [0.15, 0.2) is 0 Å². The third-order valence-corrected chi connectivity index (χ3v) is 2.45. The fourth-order valence-corrected chi connectivity index (χ4v) is 1.56. The Kier molecular flexibility index (Phi) is 4.44. The van der Waals surface area contributed by atoms with E-state index in [0.717, 1.165) is 16.8 Å². The number of nitrogens with one attached hydrogen (secondary N) is 2. The van der Waals surface area contributed by atoms with Crippen LogP contribution in [-0.4, -0.2) is 21.8 Å². The zero-order valence-corrected chi connectivity index (χ0v) is 10.7. The maximum atomic E-state index is 5.35. The molecule has 2 aromatic rings. The number of nitrogens with zero attached hydrogens (tertiary/aromatic N) is 2. The molecule has 0 aliphatic heterocycles. The number of hydroxylamine groups is 1. The van der Waals surface area contributed by atoms with Crippen LogP contribution >= 0.6 is 0 Å². The van der Waals surface area contributed by atoms with E-state index in [1.807, 2.05) is 18.3 Å². The molecule has 5 nitrogen and oxygen atoms in total. The second-order valence-electron chi connectivity index (χ2n) is 4.54. The third kappa shape index (κ3) is 3.38. The number of H-pyrrole nitrogens is 1. The summed E-state index contributed by atoms with van der Waals surface area (Å²) in [4.78, 5) is 9.45. The SMILES string of the molecule is CC(C)CONCc1cn[nH]c1-c1cccnc1. The summed E-state index contributed by atoms with van der Waals surface area (Å²) in [5.74, 6) is 0.514. The van der Waals surface area contributed by atoms with Crippen molar-refractivity contribution in [1.82, 2.24) is 20.7 Å². The highest BCUT2D eigenvalue weighted by molar-refractivity contribution is 5.61. The summed E-state index contributed by atoms with van der Waals surface area (Å²) in [5.41, 5.74) is 6.01. The van der Waals surface area contributed by atoms with Crippen molar-refractivity contribution in [2.75, 3.05) is 6.61 Å². The summed E-state index contributed by atoms with van der Waals surface area (Å²) in [6.07, 6.45) is 5.36. The standard InChI is InChI=1S/C13H18N4O/c1-10(2)9-18-16-8-12-7-15-17-13(12)11-4-3-5-14-6-11/h3-7,10,16H,8-9H2,1-2H3,(H,15,17). The molecule has 0 aromatic carbocycles. The van der Waals surface area contributed by atoms with E-state index in [2.05, 4.69) is 34.5 Å². The van der Waals surface area contributed by atoms with Crippen molar-refractivity contribution in [3.8, 4) is 11.3 Å². The van der Waals surface area contributed by atoms with E-state index >= 15 is 0 Å². The first-order valence-corrected chi connectivity index (χ1v) is 6.04. The molecule has 0 saturated carbocycles. The van der Waals surface area contributed by atoms with Crippen LogP contribution in [-0.2, 0) is 11.4 Å². The van der Waals surface area contributed by atoms with Gasteiger partial charge in [-0.15, -0.1) is 0 Å². The Balaban J connectivity index is 1.96. The van der Waals surface area contributed by atoms with E-state index in [4.69, 9.17) is 4.84 Å². The Bertz CT molecular complexity index is 467. The molecule has 0 bridgehead atoms. The summed E-state index contributed by atoms with van der Waals surface area (Å²) < 4.78 is 0. The molecule has 0 aliphatic rings. The average Bonchev–Trinajstić information content (AvgIpc) is 2.84. The molecule has 0 atom stereocenters. The molecule has 96 valence electrons. The maximum absolute atomic E-state index is 5.35. The maximum Gasteiger partial charge on any atom is 0.0711 e. The molecular weight excluding hydrogens is 228 g/mol. The lowest BCUT2D eigenvalue weighted by atomic mass is 10.1. The zero-order chi connectivity index (χ0) is 12.8. The minimum absolute atomic E-state index is 0.514. The lowest BCUT2D eigenvalue weighted by molar-refractivity contribution is 0.0197. The number of aromatic amines is 1. The molecule has 0 fully saturated rings. The van der Waals surface area contributed by atoms with Crippen molar-refractivity contribution < 1.29 is 4.84 Å². The van der Waals surface area contributed by atoms with Crippen molar-refractivity contribution in [3.05, 3.63) is 36.3 Å². The Hall–Kier alpha value is -1.72. The summed E-state index contributed by atoms with van der Waals surface area (Å²) >= 11 is 0. The fraction of sp³-hybridized carbons (Fsp3) is 0.385. The molecule has 2 heterocycles. The number of rotatable bonds is 6. The van der Waals surface area contributed by atoms with Gasteiger partial charge in [-0.1, -0.05) is 13.8 Å². The molecule has 0 radical (unpaired) electrons. The van der Waals surface area contributed by atoms with E-state index in [-0.39, 0.29) is 0 Å². The molecule has 2 rings (SSSR count). The van der Waals surface area contributed by atoms with Gasteiger partial charge in [0.25, 0.3) is 0 Å². The van der Waals surface area contributed by atoms with Crippen molar-refractivity contribution >= 4 is 0 Å². The van der Waals surface area contributed by atoms with Gasteiger partial charge >= 0.3 is 0 Å². The van der Waals surface area contributed by atoms with Crippen LogP contribution in [0.5, 0.6) is 0 Å². The molecular formula is C13H18N4O. The lowest BCUT2D eigenvalue weighted by Crippen LogP contribution is -2.17. The van der Waals surface area contributed by atoms with Gasteiger partial charge in [0, 0.05) is 30.1 Å². The summed E-state index contributed by atoms with van der Waals surface area (Å²) in [6.45, 7) is 5.54. The summed E-state index contributed by atoms with van der Waals surface area (Å²) in [6, 6.07) is 3.90. The van der Waals surface area contributed by atoms with Crippen LogP contribution in [0.4, 0.5) is 0 Å². The highest BCUT2D eigenvalue weighted by Gasteiger charge is 2.07. The van der Waals surface area contributed by atoms with Crippen LogP contribution in [0, 0.1) is 5.92 Å². The van der Waals surface area contributed by atoms with Gasteiger partial charge in [0.1, 0.15) is 0 Å². The monoisotopic (exact) mass is 246 g/mol. The van der Waals surface area contributed by atoms with E-state index < -0.39 is 0 Å². The summed E-state index contributed by atoms with van der Waals surface area (Å²) in [5, 5.41) is 7.05. The highest BCUT2D eigenvalue weighted by Crippen LogP contribution is 2.19. The molecule has 0 amide bonds. The predicted octanol–water partition coefficient (Wildman–Crippen LogP) is 2.15. The molecule has 2 aromatic heterocycles. The number of aromatic nitrogens is 3. The van der Waals surface area contributed by atoms with Gasteiger partial charge in [-0.2, -0.15) is 10.6 Å². The second-order valence-corrected chi connectivity index (χ2v) is 4.54. The number of hydrogen-bond donors (Lipinski definition) is 2. The topological polar surface area (TPSA) is 62.8 Å². The van der Waals surface area contributed by atoms with Gasteiger partial charge < -0.3 is 4.84 Å². The zero-order valence-electron chi connectivity index (χ0n) is 10.7. The largest absolute Gasteiger partial charge is 0.301 e. The van der Waals surface area contributed by atoms with Gasteiger partial charge in [0.2, 0.25) is 0 Å². The number of pyridine rings is 1. The molecule has 0 aliphatic carbocycles. The number of hydrogen-bond acceptors (Lipinski definition) is 4. The third-order valence-electron chi connectivity index (χ3n) is 2.45. The minimum atomic E-state index is 0.514. The molecule has 2 N–H and O–H groups in total. The highest BCUT2D eigenvalue weighted by atomic mass is 16.6. The Morgan fingerprint density at radius 1 is 1.39 bits per heavy atom. The first-order valence-electron chi connectivity index (χ1n) is 6.04. The van der Waals surface area contributed by atoms with Crippen LogP contribution in [0.15, 0.2) is 30.7 Å². The molecule has 0 spiro atoms.